The van der Waals surface area contributed by atoms with Crippen molar-refractivity contribution in [1.82, 2.24) is 5.32 Å². The highest BCUT2D eigenvalue weighted by molar-refractivity contribution is 5.70. The highest BCUT2D eigenvalue weighted by Gasteiger charge is 2.37. The molecule has 1 aromatic carbocycles. The summed E-state index contributed by atoms with van der Waals surface area (Å²) in [5, 5.41) is 3.40. The van der Waals surface area contributed by atoms with E-state index in [1.165, 1.54) is 128 Å². The molecule has 0 amide bonds. The topological polar surface area (TPSA) is 38.3 Å². The molecule has 0 atom stereocenters. The third kappa shape index (κ3) is 16.5. The lowest BCUT2D eigenvalue weighted by atomic mass is 9.84. The Morgan fingerprint density at radius 3 is 1.41 bits per heavy atom. The van der Waals surface area contributed by atoms with Gasteiger partial charge >= 0.3 is 5.97 Å². The molecule has 1 fully saturated rings. The molecule has 0 saturated carbocycles. The fraction of sp³-hybridized carbons (Fsp3) is 0.806. The summed E-state index contributed by atoms with van der Waals surface area (Å²) >= 11 is 0. The molecule has 0 bridgehead atoms. The highest BCUT2D eigenvalue weighted by atomic mass is 16.6. The summed E-state index contributed by atoms with van der Waals surface area (Å²) in [4.78, 5) is 12.7. The van der Waals surface area contributed by atoms with Crippen LogP contribution >= 0.6 is 0 Å². The largest absolute Gasteiger partial charge is 0.454 e. The van der Waals surface area contributed by atoms with Gasteiger partial charge in [-0.25, -0.2) is 0 Å². The molecule has 0 unspecified atom stereocenters. The molecule has 1 aromatic rings. The van der Waals surface area contributed by atoms with E-state index in [9.17, 15) is 4.79 Å². The molecule has 1 saturated heterocycles. The molecule has 1 aliphatic rings. The number of carbonyl (C=O) groups excluding carboxylic acids is 1. The highest BCUT2D eigenvalue weighted by Crippen LogP contribution is 2.35. The first kappa shape index (κ1) is 33.9. The predicted octanol–water partition coefficient (Wildman–Crippen LogP) is 10.8. The van der Waals surface area contributed by atoms with Gasteiger partial charge in [0.05, 0.1) is 0 Å². The van der Waals surface area contributed by atoms with E-state index in [1.807, 2.05) is 18.2 Å². The van der Waals surface area contributed by atoms with Crippen LogP contribution in [0, 0.1) is 0 Å². The number of hydrogen-bond donors (Lipinski definition) is 1. The zero-order valence-electron chi connectivity index (χ0n) is 25.8. The predicted molar refractivity (Wildman–Crippen MR) is 168 cm³/mol. The molecule has 1 heterocycles. The maximum Gasteiger partial charge on any atom is 0.306 e. The van der Waals surface area contributed by atoms with Crippen LogP contribution in [0.15, 0.2) is 30.3 Å². The Balaban J connectivity index is 1.33. The van der Waals surface area contributed by atoms with Gasteiger partial charge in [-0.05, 0) is 25.1 Å². The van der Waals surface area contributed by atoms with E-state index in [4.69, 9.17) is 4.74 Å². The molecule has 1 aliphatic heterocycles. The number of hydrogen-bond acceptors (Lipinski definition) is 3. The number of unbranched alkanes of at least 4 members (excludes halogenated alkanes) is 21. The fourth-order valence-corrected chi connectivity index (χ4v) is 6.17. The Morgan fingerprint density at radius 2 is 1.00 bits per heavy atom. The van der Waals surface area contributed by atoms with Gasteiger partial charge in [0.2, 0.25) is 0 Å². The monoisotopic (exact) mass is 541 g/mol. The van der Waals surface area contributed by atoms with Gasteiger partial charge in [-0.1, -0.05) is 172 Å². The maximum atomic E-state index is 12.7. The third-order valence-corrected chi connectivity index (χ3v) is 8.75. The molecule has 2 rings (SSSR count). The van der Waals surface area contributed by atoms with Gasteiger partial charge in [0.15, 0.2) is 0 Å². The number of carbonyl (C=O) groups is 1. The van der Waals surface area contributed by atoms with Crippen molar-refractivity contribution in [3.8, 4) is 0 Å². The van der Waals surface area contributed by atoms with Crippen LogP contribution in [0.2, 0.25) is 0 Å². The Kier molecular flexibility index (Phi) is 20.3. The first-order chi connectivity index (χ1) is 19.3. The van der Waals surface area contributed by atoms with Crippen molar-refractivity contribution in [2.45, 2.75) is 173 Å². The van der Waals surface area contributed by atoms with Crippen LogP contribution in [0.3, 0.4) is 0 Å². The Hall–Kier alpha value is -1.35. The van der Waals surface area contributed by atoms with Crippen molar-refractivity contribution in [1.29, 1.82) is 0 Å². The Bertz CT molecular complexity index is 683. The van der Waals surface area contributed by atoms with Gasteiger partial charge in [-0.2, -0.15) is 0 Å². The van der Waals surface area contributed by atoms with Crippen LogP contribution in [0.5, 0.6) is 0 Å². The van der Waals surface area contributed by atoms with Crippen LogP contribution in [-0.4, -0.2) is 19.1 Å². The van der Waals surface area contributed by atoms with Crippen LogP contribution in [0.4, 0.5) is 0 Å². The van der Waals surface area contributed by atoms with Crippen molar-refractivity contribution < 1.29 is 9.53 Å². The van der Waals surface area contributed by atoms with Gasteiger partial charge in [-0.3, -0.25) is 4.79 Å². The van der Waals surface area contributed by atoms with E-state index >= 15 is 0 Å². The first-order valence-electron chi connectivity index (χ1n) is 17.2. The minimum absolute atomic E-state index is 0.0195. The second-order valence-corrected chi connectivity index (χ2v) is 12.3. The van der Waals surface area contributed by atoms with E-state index in [-0.39, 0.29) is 5.97 Å². The van der Waals surface area contributed by atoms with E-state index in [1.54, 1.807) is 0 Å². The van der Waals surface area contributed by atoms with Gasteiger partial charge in [0.1, 0.15) is 5.60 Å². The molecular formula is C36H63NO2. The average Bonchev–Trinajstić information content (AvgIpc) is 2.96. The van der Waals surface area contributed by atoms with Crippen LogP contribution < -0.4 is 5.32 Å². The summed E-state index contributed by atoms with van der Waals surface area (Å²) in [5.41, 5.74) is 0.713. The summed E-state index contributed by atoms with van der Waals surface area (Å²) < 4.78 is 6.13. The Morgan fingerprint density at radius 1 is 0.615 bits per heavy atom. The fourth-order valence-electron chi connectivity index (χ4n) is 6.17. The van der Waals surface area contributed by atoms with Crippen molar-refractivity contribution in [3.05, 3.63) is 35.9 Å². The lowest BCUT2D eigenvalue weighted by Gasteiger charge is -2.37. The van der Waals surface area contributed by atoms with E-state index in [2.05, 4.69) is 24.4 Å². The second-order valence-electron chi connectivity index (χ2n) is 12.3. The smallest absolute Gasteiger partial charge is 0.306 e. The molecule has 1 N–H and O–H groups in total. The lowest BCUT2D eigenvalue weighted by molar-refractivity contribution is -0.164. The summed E-state index contributed by atoms with van der Waals surface area (Å²) in [7, 11) is 0. The standard InChI is InChI=1S/C36H63NO2/c1-2-3-4-5-6-7-8-9-10-11-12-13-14-15-16-17-18-19-20-21-22-26-29-35(38)39-36(30-32-37-33-31-36)34-27-24-23-25-28-34/h23-25,27-28,37H,2-22,26,29-33H2,1H3. The van der Waals surface area contributed by atoms with E-state index in [0.29, 0.717) is 6.42 Å². The zero-order chi connectivity index (χ0) is 27.7. The average molecular weight is 542 g/mol. The molecule has 39 heavy (non-hydrogen) atoms. The lowest BCUT2D eigenvalue weighted by Crippen LogP contribution is -2.43. The Labute approximate surface area is 242 Å². The van der Waals surface area contributed by atoms with Crippen LogP contribution in [0.1, 0.15) is 173 Å². The first-order valence-corrected chi connectivity index (χ1v) is 17.2. The molecule has 0 spiro atoms. The number of esters is 1. The van der Waals surface area contributed by atoms with Gasteiger partial charge in [-0.15, -0.1) is 0 Å². The molecule has 3 heteroatoms. The van der Waals surface area contributed by atoms with Crippen molar-refractivity contribution in [3.63, 3.8) is 0 Å². The zero-order valence-corrected chi connectivity index (χ0v) is 25.8. The van der Waals surface area contributed by atoms with Crippen molar-refractivity contribution in [2.75, 3.05) is 13.1 Å². The summed E-state index contributed by atoms with van der Waals surface area (Å²) in [6, 6.07) is 10.3. The number of benzene rings is 1. The van der Waals surface area contributed by atoms with Gasteiger partial charge in [0, 0.05) is 19.3 Å². The normalized spacial score (nSPS) is 14.9. The molecular weight excluding hydrogens is 478 g/mol. The number of piperidine rings is 1. The van der Waals surface area contributed by atoms with Crippen LogP contribution in [-0.2, 0) is 15.1 Å². The molecule has 0 radical (unpaired) electrons. The van der Waals surface area contributed by atoms with Crippen molar-refractivity contribution in [2.24, 2.45) is 0 Å². The van der Waals surface area contributed by atoms with E-state index in [0.717, 1.165) is 44.3 Å². The number of rotatable bonds is 25. The van der Waals surface area contributed by atoms with Crippen molar-refractivity contribution >= 4 is 5.97 Å². The van der Waals surface area contributed by atoms with Gasteiger partial charge in [0.25, 0.3) is 0 Å². The number of ether oxygens (including phenoxy) is 1. The number of nitrogens with one attached hydrogen (secondary N) is 1. The minimum atomic E-state index is -0.434. The SMILES string of the molecule is CCCCCCCCCCCCCCCCCCCCCCCCC(=O)OC1(c2ccccc2)CCNCC1. The third-order valence-electron chi connectivity index (χ3n) is 8.75. The minimum Gasteiger partial charge on any atom is -0.454 e. The quantitative estimate of drug-likeness (QED) is 0.0988. The molecule has 3 nitrogen and oxygen atoms in total. The summed E-state index contributed by atoms with van der Waals surface area (Å²) in [6.07, 6.45) is 32.8. The molecule has 0 aromatic heterocycles. The molecule has 0 aliphatic carbocycles. The second kappa shape index (κ2) is 23.4. The van der Waals surface area contributed by atoms with E-state index < -0.39 is 5.60 Å². The summed E-state index contributed by atoms with van der Waals surface area (Å²) in [5.74, 6) is -0.0195. The molecule has 224 valence electrons. The van der Waals surface area contributed by atoms with Crippen LogP contribution in [0.25, 0.3) is 0 Å². The maximum absolute atomic E-state index is 12.7. The summed E-state index contributed by atoms with van der Waals surface area (Å²) in [6.45, 7) is 4.11. The van der Waals surface area contributed by atoms with Gasteiger partial charge < -0.3 is 10.1 Å².